The van der Waals surface area contributed by atoms with E-state index in [1.807, 2.05) is 0 Å². The molecule has 0 saturated carbocycles. The third kappa shape index (κ3) is 2.84. The summed E-state index contributed by atoms with van der Waals surface area (Å²) in [6.45, 7) is 0. The molecule has 4 N–H and O–H groups in total. The van der Waals surface area contributed by atoms with E-state index in [2.05, 4.69) is 21.5 Å². The topological polar surface area (TPSA) is 80.0 Å². The van der Waals surface area contributed by atoms with Gasteiger partial charge in [0, 0.05) is 18.3 Å². The number of carbonyl (C=O) groups is 1. The minimum Gasteiger partial charge on any atom is -0.382 e. The molecule has 0 aliphatic rings. The normalized spacial score (nSPS) is 9.68. The second-order valence-electron chi connectivity index (χ2n) is 3.66. The Bertz CT molecular complexity index is 657. The molecular weight excluding hydrogens is 260 g/mol. The molecule has 0 aliphatic carbocycles. The number of nitrogens with two attached hydrogens (primary N) is 1. The van der Waals surface area contributed by atoms with E-state index < -0.39 is 0 Å². The van der Waals surface area contributed by atoms with E-state index >= 15 is 0 Å². The molecule has 5 nitrogen and oxygen atoms in total. The monoisotopic (exact) mass is 272 g/mol. The van der Waals surface area contributed by atoms with Crippen molar-refractivity contribution < 1.29 is 4.79 Å². The Balaban J connectivity index is 2.20. The van der Waals surface area contributed by atoms with Gasteiger partial charge >= 0.3 is 0 Å². The van der Waals surface area contributed by atoms with Gasteiger partial charge in [0.1, 0.15) is 10.7 Å². The Morgan fingerprint density at radius 3 is 2.95 bits per heavy atom. The van der Waals surface area contributed by atoms with Crippen molar-refractivity contribution in [1.82, 2.24) is 4.98 Å². The minimum atomic E-state index is -0.300. The lowest BCUT2D eigenvalue weighted by Gasteiger charge is -2.04. The highest BCUT2D eigenvalue weighted by Crippen LogP contribution is 2.25. The zero-order valence-electron chi connectivity index (χ0n) is 10.2. The van der Waals surface area contributed by atoms with Gasteiger partial charge in [0.25, 0.3) is 5.91 Å². The molecule has 96 valence electrons. The number of nitrogen functional groups attached to an aromatic ring is 1. The van der Waals surface area contributed by atoms with E-state index in [1.54, 1.807) is 31.3 Å². The fourth-order valence-electron chi connectivity index (χ4n) is 1.48. The second-order valence-corrected chi connectivity index (χ2v) is 4.66. The lowest BCUT2D eigenvalue weighted by Crippen LogP contribution is -2.12. The van der Waals surface area contributed by atoms with Crippen LogP contribution in [-0.2, 0) is 0 Å². The van der Waals surface area contributed by atoms with Crippen LogP contribution in [0.1, 0.15) is 15.2 Å². The Kier molecular flexibility index (Phi) is 3.68. The van der Waals surface area contributed by atoms with Crippen molar-refractivity contribution >= 4 is 33.9 Å². The quantitative estimate of drug-likeness (QED) is 0.747. The molecular formula is C13H12N4OS. The molecule has 0 bridgehead atoms. The highest BCUT2D eigenvalue weighted by atomic mass is 32.1. The molecule has 6 heteroatoms. The second kappa shape index (κ2) is 5.42. The molecule has 1 aromatic heterocycles. The van der Waals surface area contributed by atoms with Crippen LogP contribution in [-0.4, -0.2) is 17.9 Å². The summed E-state index contributed by atoms with van der Waals surface area (Å²) in [7, 11) is 1.72. The first kappa shape index (κ1) is 12.9. The van der Waals surface area contributed by atoms with E-state index in [1.165, 1.54) is 11.3 Å². The number of terminal acetylenes is 1. The standard InChI is InChI=1S/C13H12N4OS/c1-3-8-5-4-6-9(7-8)16-12(18)10-11(14)17-13(15-2)19-10/h1,4-7H,14H2,2H3,(H,15,17)(H,16,18). The lowest BCUT2D eigenvalue weighted by atomic mass is 10.2. The fourth-order valence-corrected chi connectivity index (χ4v) is 2.21. The number of hydrogen-bond acceptors (Lipinski definition) is 5. The molecule has 0 unspecified atom stereocenters. The number of thiazole rings is 1. The number of rotatable bonds is 3. The van der Waals surface area contributed by atoms with E-state index in [-0.39, 0.29) is 11.7 Å². The number of amides is 1. The van der Waals surface area contributed by atoms with Gasteiger partial charge in [-0.25, -0.2) is 4.98 Å². The Labute approximate surface area is 114 Å². The summed E-state index contributed by atoms with van der Waals surface area (Å²) in [5.41, 5.74) is 7.02. The number of aromatic nitrogens is 1. The summed E-state index contributed by atoms with van der Waals surface area (Å²) >= 11 is 1.20. The van der Waals surface area contributed by atoms with E-state index in [0.29, 0.717) is 21.3 Å². The van der Waals surface area contributed by atoms with Crippen molar-refractivity contribution in [3.05, 3.63) is 34.7 Å². The molecule has 1 amide bonds. The fraction of sp³-hybridized carbons (Fsp3) is 0.0769. The molecule has 2 aromatic rings. The zero-order chi connectivity index (χ0) is 13.8. The van der Waals surface area contributed by atoms with Gasteiger partial charge in [0.05, 0.1) is 0 Å². The number of hydrogen-bond donors (Lipinski definition) is 3. The van der Waals surface area contributed by atoms with Gasteiger partial charge in [-0.2, -0.15) is 0 Å². The van der Waals surface area contributed by atoms with Gasteiger partial charge in [0.2, 0.25) is 0 Å². The van der Waals surface area contributed by atoms with Gasteiger partial charge in [-0.1, -0.05) is 23.3 Å². The van der Waals surface area contributed by atoms with Crippen molar-refractivity contribution in [3.63, 3.8) is 0 Å². The largest absolute Gasteiger partial charge is 0.382 e. The van der Waals surface area contributed by atoms with Gasteiger partial charge in [-0.15, -0.1) is 6.42 Å². The maximum Gasteiger partial charge on any atom is 0.269 e. The molecule has 0 atom stereocenters. The van der Waals surface area contributed by atoms with Crippen LogP contribution < -0.4 is 16.4 Å². The van der Waals surface area contributed by atoms with E-state index in [4.69, 9.17) is 12.2 Å². The predicted molar refractivity (Wildman–Crippen MR) is 78.4 cm³/mol. The summed E-state index contributed by atoms with van der Waals surface area (Å²) in [6, 6.07) is 7.04. The van der Waals surface area contributed by atoms with Crippen LogP contribution in [0.25, 0.3) is 0 Å². The van der Waals surface area contributed by atoms with Gasteiger partial charge in [0.15, 0.2) is 5.13 Å². The van der Waals surface area contributed by atoms with Gasteiger partial charge < -0.3 is 16.4 Å². The summed E-state index contributed by atoms with van der Waals surface area (Å²) in [6.07, 6.45) is 5.31. The number of nitrogens with one attached hydrogen (secondary N) is 2. The van der Waals surface area contributed by atoms with Crippen molar-refractivity contribution in [1.29, 1.82) is 0 Å². The van der Waals surface area contributed by atoms with Crippen LogP contribution in [0.4, 0.5) is 16.6 Å². The SMILES string of the molecule is C#Cc1cccc(NC(=O)c2sc(NC)nc2N)c1. The molecule has 0 aliphatic heterocycles. The van der Waals surface area contributed by atoms with E-state index in [9.17, 15) is 4.79 Å². The Morgan fingerprint density at radius 1 is 1.53 bits per heavy atom. The Morgan fingerprint density at radius 2 is 2.32 bits per heavy atom. The molecule has 0 fully saturated rings. The van der Waals surface area contributed by atoms with Crippen LogP contribution in [0.2, 0.25) is 0 Å². The number of carbonyl (C=O) groups excluding carboxylic acids is 1. The number of benzene rings is 1. The van der Waals surface area contributed by atoms with Gasteiger partial charge in [-0.05, 0) is 18.2 Å². The van der Waals surface area contributed by atoms with Crippen LogP contribution in [0.15, 0.2) is 24.3 Å². The number of anilines is 3. The highest BCUT2D eigenvalue weighted by molar-refractivity contribution is 7.18. The molecule has 1 aromatic carbocycles. The molecule has 0 saturated heterocycles. The molecule has 0 radical (unpaired) electrons. The highest BCUT2D eigenvalue weighted by Gasteiger charge is 2.15. The first-order valence-corrected chi connectivity index (χ1v) is 6.27. The summed E-state index contributed by atoms with van der Waals surface area (Å²) < 4.78 is 0. The van der Waals surface area contributed by atoms with Crippen molar-refractivity contribution in [3.8, 4) is 12.3 Å². The molecule has 1 heterocycles. The maximum absolute atomic E-state index is 12.1. The smallest absolute Gasteiger partial charge is 0.269 e. The minimum absolute atomic E-state index is 0.208. The third-order valence-corrected chi connectivity index (χ3v) is 3.45. The van der Waals surface area contributed by atoms with Crippen molar-refractivity contribution in [2.45, 2.75) is 0 Å². The predicted octanol–water partition coefficient (Wildman–Crippen LogP) is 2.00. The average molecular weight is 272 g/mol. The van der Waals surface area contributed by atoms with Crippen molar-refractivity contribution in [2.75, 3.05) is 23.4 Å². The van der Waals surface area contributed by atoms with Crippen LogP contribution in [0, 0.1) is 12.3 Å². The zero-order valence-corrected chi connectivity index (χ0v) is 11.0. The van der Waals surface area contributed by atoms with Crippen LogP contribution >= 0.6 is 11.3 Å². The van der Waals surface area contributed by atoms with Crippen LogP contribution in [0.3, 0.4) is 0 Å². The first-order valence-electron chi connectivity index (χ1n) is 5.46. The summed E-state index contributed by atoms with van der Waals surface area (Å²) in [5.74, 6) is 2.42. The third-order valence-electron chi connectivity index (χ3n) is 2.36. The van der Waals surface area contributed by atoms with E-state index in [0.717, 1.165) is 0 Å². The average Bonchev–Trinajstić information content (AvgIpc) is 2.80. The summed E-state index contributed by atoms with van der Waals surface area (Å²) in [5, 5.41) is 6.18. The maximum atomic E-state index is 12.1. The van der Waals surface area contributed by atoms with Gasteiger partial charge in [-0.3, -0.25) is 4.79 Å². The first-order chi connectivity index (χ1) is 9.13. The molecule has 19 heavy (non-hydrogen) atoms. The summed E-state index contributed by atoms with van der Waals surface area (Å²) in [4.78, 5) is 16.5. The van der Waals surface area contributed by atoms with Crippen molar-refractivity contribution in [2.24, 2.45) is 0 Å². The Hall–Kier alpha value is -2.52. The number of nitrogens with zero attached hydrogens (tertiary/aromatic N) is 1. The van der Waals surface area contributed by atoms with Crippen LogP contribution in [0.5, 0.6) is 0 Å². The lowest BCUT2D eigenvalue weighted by molar-refractivity contribution is 0.103. The molecule has 0 spiro atoms. The molecule has 2 rings (SSSR count).